The number of aromatic nitrogens is 1. The maximum absolute atomic E-state index is 5.39. The van der Waals surface area contributed by atoms with Crippen molar-refractivity contribution in [1.29, 1.82) is 0 Å². The van der Waals surface area contributed by atoms with E-state index in [-0.39, 0.29) is 0 Å². The van der Waals surface area contributed by atoms with Gasteiger partial charge in [0.1, 0.15) is 12.3 Å². The lowest BCUT2D eigenvalue weighted by Gasteiger charge is -2.01. The lowest BCUT2D eigenvalue weighted by Crippen LogP contribution is -2.18. The van der Waals surface area contributed by atoms with Crippen molar-refractivity contribution in [1.82, 2.24) is 10.5 Å². The molecule has 1 heterocycles. The molecule has 0 aliphatic rings. The second-order valence-corrected chi connectivity index (χ2v) is 3.12. The highest BCUT2D eigenvalue weighted by Crippen LogP contribution is 2.05. The van der Waals surface area contributed by atoms with Gasteiger partial charge in [-0.25, -0.2) is 0 Å². The van der Waals surface area contributed by atoms with Crippen LogP contribution < -0.4 is 5.32 Å². The Bertz CT molecular complexity index is 263. The van der Waals surface area contributed by atoms with Gasteiger partial charge in [0.2, 0.25) is 0 Å². The Balaban J connectivity index is 2.14. The number of hydrogen-bond acceptors (Lipinski definition) is 5. The highest BCUT2D eigenvalue weighted by Gasteiger charge is 2.03. The number of likely N-dealkylation sites (N-methyl/N-ethyl adjacent to an activating group) is 1. The smallest absolute Gasteiger partial charge is 0.162 e. The normalized spacial score (nSPS) is 10.8. The van der Waals surface area contributed by atoms with E-state index in [1.54, 1.807) is 7.11 Å². The van der Waals surface area contributed by atoms with Crippen molar-refractivity contribution in [2.75, 3.05) is 26.8 Å². The predicted octanol–water partition coefficient (Wildman–Crippen LogP) is 0.947. The average molecular weight is 214 g/mol. The van der Waals surface area contributed by atoms with E-state index in [2.05, 4.69) is 17.4 Å². The number of hydrogen-bond donors (Lipinski definition) is 1. The molecule has 5 heteroatoms. The topological polar surface area (TPSA) is 56.5 Å². The van der Waals surface area contributed by atoms with Crippen LogP contribution in [0.2, 0.25) is 0 Å². The third-order valence-electron chi connectivity index (χ3n) is 1.82. The summed E-state index contributed by atoms with van der Waals surface area (Å²) in [5.41, 5.74) is 0.804. The van der Waals surface area contributed by atoms with Gasteiger partial charge in [-0.3, -0.25) is 0 Å². The van der Waals surface area contributed by atoms with Crippen molar-refractivity contribution in [3.63, 3.8) is 0 Å². The van der Waals surface area contributed by atoms with Crippen LogP contribution >= 0.6 is 0 Å². The van der Waals surface area contributed by atoms with Crippen LogP contribution in [0.25, 0.3) is 0 Å². The molecule has 15 heavy (non-hydrogen) atoms. The third kappa shape index (κ3) is 4.92. The van der Waals surface area contributed by atoms with E-state index in [0.717, 1.165) is 24.5 Å². The van der Waals surface area contributed by atoms with Gasteiger partial charge in [-0.15, -0.1) is 0 Å². The van der Waals surface area contributed by atoms with Gasteiger partial charge in [0.05, 0.1) is 13.2 Å². The Labute approximate surface area is 89.7 Å². The van der Waals surface area contributed by atoms with Crippen LogP contribution in [0.15, 0.2) is 10.6 Å². The fraction of sp³-hybridized carbons (Fsp3) is 0.700. The Kier molecular flexibility index (Phi) is 5.99. The van der Waals surface area contributed by atoms with Crippen molar-refractivity contribution in [2.45, 2.75) is 20.1 Å². The molecule has 1 aromatic rings. The molecule has 0 aliphatic heterocycles. The van der Waals surface area contributed by atoms with Gasteiger partial charge in [0.15, 0.2) is 5.76 Å². The molecule has 86 valence electrons. The molecule has 0 fully saturated rings. The molecule has 0 saturated carbocycles. The number of nitrogens with zero attached hydrogens (tertiary/aromatic N) is 1. The third-order valence-corrected chi connectivity index (χ3v) is 1.82. The molecule has 0 atom stereocenters. The highest BCUT2D eigenvalue weighted by molar-refractivity contribution is 5.03. The molecule has 0 aromatic carbocycles. The number of nitrogens with one attached hydrogen (secondary N) is 1. The Morgan fingerprint density at radius 3 is 3.07 bits per heavy atom. The summed E-state index contributed by atoms with van der Waals surface area (Å²) in [4.78, 5) is 0. The first-order valence-corrected chi connectivity index (χ1v) is 5.08. The fourth-order valence-electron chi connectivity index (χ4n) is 1.13. The number of ether oxygens (including phenoxy) is 2. The highest BCUT2D eigenvalue weighted by atomic mass is 16.5. The van der Waals surface area contributed by atoms with Gasteiger partial charge >= 0.3 is 0 Å². The molecule has 0 amide bonds. The molecule has 1 N–H and O–H groups in total. The van der Waals surface area contributed by atoms with E-state index >= 15 is 0 Å². The Hall–Kier alpha value is -0.910. The lowest BCUT2D eigenvalue weighted by atomic mass is 10.4. The summed E-state index contributed by atoms with van der Waals surface area (Å²) in [5.74, 6) is 0.725. The van der Waals surface area contributed by atoms with Crippen LogP contribution in [-0.4, -0.2) is 32.0 Å². The molecular formula is C10H18N2O3. The molecule has 0 unspecified atom stereocenters. The second kappa shape index (κ2) is 7.39. The van der Waals surface area contributed by atoms with Crippen molar-refractivity contribution >= 4 is 0 Å². The average Bonchev–Trinajstić information content (AvgIpc) is 2.66. The first-order chi connectivity index (χ1) is 7.36. The van der Waals surface area contributed by atoms with E-state index < -0.39 is 0 Å². The van der Waals surface area contributed by atoms with E-state index in [9.17, 15) is 0 Å². The van der Waals surface area contributed by atoms with Crippen molar-refractivity contribution in [2.24, 2.45) is 0 Å². The standard InChI is InChI=1S/C10H18N2O3/c1-3-11-4-5-14-7-9-6-10(8-13-2)15-12-9/h6,11H,3-5,7-8H2,1-2H3. The van der Waals surface area contributed by atoms with Crippen LogP contribution in [0.4, 0.5) is 0 Å². The number of methoxy groups -OCH3 is 1. The van der Waals surface area contributed by atoms with E-state index in [1.165, 1.54) is 0 Å². The van der Waals surface area contributed by atoms with E-state index in [0.29, 0.717) is 19.8 Å². The van der Waals surface area contributed by atoms with E-state index in [1.807, 2.05) is 6.07 Å². The molecule has 1 aromatic heterocycles. The quantitative estimate of drug-likeness (QED) is 0.653. The van der Waals surface area contributed by atoms with Crippen LogP contribution in [0.1, 0.15) is 18.4 Å². The maximum Gasteiger partial charge on any atom is 0.162 e. The molecule has 1 rings (SSSR count). The summed E-state index contributed by atoms with van der Waals surface area (Å²) in [5, 5.41) is 7.02. The van der Waals surface area contributed by atoms with Crippen LogP contribution in [-0.2, 0) is 22.7 Å². The van der Waals surface area contributed by atoms with Crippen LogP contribution in [0.3, 0.4) is 0 Å². The Morgan fingerprint density at radius 1 is 1.47 bits per heavy atom. The largest absolute Gasteiger partial charge is 0.377 e. The summed E-state index contributed by atoms with van der Waals surface area (Å²) in [7, 11) is 1.62. The fourth-order valence-corrected chi connectivity index (χ4v) is 1.13. The summed E-state index contributed by atoms with van der Waals surface area (Å²) < 4.78 is 15.3. The minimum absolute atomic E-state index is 0.449. The van der Waals surface area contributed by atoms with Crippen molar-refractivity contribution in [3.8, 4) is 0 Å². The predicted molar refractivity (Wildman–Crippen MR) is 55.4 cm³/mol. The minimum Gasteiger partial charge on any atom is -0.377 e. The minimum atomic E-state index is 0.449. The van der Waals surface area contributed by atoms with Crippen molar-refractivity contribution in [3.05, 3.63) is 17.5 Å². The van der Waals surface area contributed by atoms with Gasteiger partial charge in [-0.05, 0) is 6.54 Å². The zero-order valence-corrected chi connectivity index (χ0v) is 9.28. The zero-order valence-electron chi connectivity index (χ0n) is 9.28. The summed E-state index contributed by atoms with van der Waals surface area (Å²) in [6.45, 7) is 5.50. The molecule has 0 bridgehead atoms. The maximum atomic E-state index is 5.39. The van der Waals surface area contributed by atoms with E-state index in [4.69, 9.17) is 14.0 Å². The molecule has 0 spiro atoms. The van der Waals surface area contributed by atoms with Crippen LogP contribution in [0, 0.1) is 0 Å². The molecule has 0 saturated heterocycles. The first-order valence-electron chi connectivity index (χ1n) is 5.08. The van der Waals surface area contributed by atoms with Gasteiger partial charge in [-0.2, -0.15) is 0 Å². The van der Waals surface area contributed by atoms with Crippen molar-refractivity contribution < 1.29 is 14.0 Å². The molecule has 0 aliphatic carbocycles. The molecule has 0 radical (unpaired) electrons. The lowest BCUT2D eigenvalue weighted by molar-refractivity contribution is 0.117. The number of rotatable bonds is 8. The Morgan fingerprint density at radius 2 is 2.33 bits per heavy atom. The van der Waals surface area contributed by atoms with Gasteiger partial charge in [0.25, 0.3) is 0 Å². The molecule has 5 nitrogen and oxygen atoms in total. The summed E-state index contributed by atoms with van der Waals surface area (Å²) in [6.07, 6.45) is 0. The zero-order chi connectivity index (χ0) is 10.9. The second-order valence-electron chi connectivity index (χ2n) is 3.12. The monoisotopic (exact) mass is 214 g/mol. The van der Waals surface area contributed by atoms with Crippen LogP contribution in [0.5, 0.6) is 0 Å². The van der Waals surface area contributed by atoms with Gasteiger partial charge < -0.3 is 19.3 Å². The summed E-state index contributed by atoms with van der Waals surface area (Å²) >= 11 is 0. The first kappa shape index (κ1) is 12.2. The summed E-state index contributed by atoms with van der Waals surface area (Å²) in [6, 6.07) is 1.84. The molecular weight excluding hydrogens is 196 g/mol. The van der Waals surface area contributed by atoms with Gasteiger partial charge in [-0.1, -0.05) is 12.1 Å². The SMILES string of the molecule is CCNCCOCc1cc(COC)on1. The van der Waals surface area contributed by atoms with Gasteiger partial charge in [0, 0.05) is 19.7 Å².